The topological polar surface area (TPSA) is 46.6 Å². The van der Waals surface area contributed by atoms with Crippen LogP contribution in [0.1, 0.15) is 19.3 Å². The van der Waals surface area contributed by atoms with Crippen LogP contribution in [0.2, 0.25) is 0 Å². The molecule has 2 saturated carbocycles. The zero-order valence-electron chi connectivity index (χ0n) is 11.4. The molecule has 4 heteroatoms. The number of rotatable bonds is 2. The molecule has 4 nitrogen and oxygen atoms in total. The molecule has 1 aromatic rings. The summed E-state index contributed by atoms with van der Waals surface area (Å²) in [4.78, 5) is 26.6. The fraction of sp³-hybridized carbons (Fsp3) is 0.500. The predicted molar refractivity (Wildman–Crippen MR) is 73.3 cm³/mol. The number of hydrogen-bond acceptors (Lipinski definition) is 3. The lowest BCUT2D eigenvalue weighted by molar-refractivity contribution is -0.123. The number of imide groups is 1. The fourth-order valence-corrected chi connectivity index (χ4v) is 4.39. The van der Waals surface area contributed by atoms with Gasteiger partial charge >= 0.3 is 0 Å². The van der Waals surface area contributed by atoms with Crippen LogP contribution in [-0.4, -0.2) is 18.9 Å². The molecule has 1 saturated heterocycles. The third kappa shape index (κ3) is 1.42. The average molecular weight is 271 g/mol. The summed E-state index contributed by atoms with van der Waals surface area (Å²) in [5, 5.41) is 0. The van der Waals surface area contributed by atoms with Gasteiger partial charge in [0.2, 0.25) is 11.8 Å². The van der Waals surface area contributed by atoms with Gasteiger partial charge in [0.1, 0.15) is 5.75 Å². The summed E-state index contributed by atoms with van der Waals surface area (Å²) >= 11 is 0. The Balaban J connectivity index is 1.69. The first-order valence-electron chi connectivity index (χ1n) is 7.22. The molecule has 0 spiro atoms. The van der Waals surface area contributed by atoms with Gasteiger partial charge in [0.25, 0.3) is 0 Å². The Morgan fingerprint density at radius 2 is 1.55 bits per heavy atom. The van der Waals surface area contributed by atoms with Crippen LogP contribution in [-0.2, 0) is 9.59 Å². The highest BCUT2D eigenvalue weighted by Gasteiger charge is 2.61. The van der Waals surface area contributed by atoms with Crippen molar-refractivity contribution >= 4 is 17.5 Å². The molecule has 104 valence electrons. The first-order valence-corrected chi connectivity index (χ1v) is 7.22. The quantitative estimate of drug-likeness (QED) is 0.775. The summed E-state index contributed by atoms with van der Waals surface area (Å²) in [5.41, 5.74) is 0.676. The number of ether oxygens (including phenoxy) is 1. The zero-order valence-corrected chi connectivity index (χ0v) is 11.4. The number of methoxy groups -OCH3 is 1. The van der Waals surface area contributed by atoms with Crippen LogP contribution in [0.15, 0.2) is 24.3 Å². The van der Waals surface area contributed by atoms with Gasteiger partial charge in [0.05, 0.1) is 24.6 Å². The van der Waals surface area contributed by atoms with Crippen LogP contribution >= 0.6 is 0 Å². The van der Waals surface area contributed by atoms with Gasteiger partial charge in [0, 0.05) is 0 Å². The van der Waals surface area contributed by atoms with Crippen LogP contribution in [0.5, 0.6) is 5.75 Å². The maximum atomic E-state index is 12.6. The second-order valence-electron chi connectivity index (χ2n) is 6.09. The maximum Gasteiger partial charge on any atom is 0.237 e. The van der Waals surface area contributed by atoms with Crippen LogP contribution in [0, 0.1) is 23.7 Å². The highest BCUT2D eigenvalue weighted by molar-refractivity contribution is 6.22. The SMILES string of the molecule is COc1ccc(N2C(=O)C3C4CCC(C4)C3C2=O)cc1. The van der Waals surface area contributed by atoms with Gasteiger partial charge in [-0.3, -0.25) is 14.5 Å². The molecule has 3 fully saturated rings. The van der Waals surface area contributed by atoms with E-state index in [4.69, 9.17) is 4.74 Å². The molecule has 1 heterocycles. The first-order chi connectivity index (χ1) is 9.70. The molecular weight excluding hydrogens is 254 g/mol. The Hall–Kier alpha value is -1.84. The van der Waals surface area contributed by atoms with Gasteiger partial charge in [0.15, 0.2) is 0 Å². The summed E-state index contributed by atoms with van der Waals surface area (Å²) in [6.07, 6.45) is 3.30. The minimum Gasteiger partial charge on any atom is -0.497 e. The number of nitrogens with zero attached hydrogens (tertiary/aromatic N) is 1. The van der Waals surface area contributed by atoms with E-state index in [0.717, 1.165) is 25.0 Å². The van der Waals surface area contributed by atoms with Gasteiger partial charge in [-0.2, -0.15) is 0 Å². The van der Waals surface area contributed by atoms with Crippen LogP contribution in [0.3, 0.4) is 0 Å². The van der Waals surface area contributed by atoms with E-state index in [1.807, 2.05) is 0 Å². The molecule has 2 amide bonds. The Labute approximate surface area is 117 Å². The molecule has 4 atom stereocenters. The van der Waals surface area contributed by atoms with Gasteiger partial charge < -0.3 is 4.74 Å². The summed E-state index contributed by atoms with van der Waals surface area (Å²) in [5.74, 6) is 1.52. The van der Waals surface area contributed by atoms with Crippen molar-refractivity contribution in [3.63, 3.8) is 0 Å². The number of benzene rings is 1. The minimum absolute atomic E-state index is 0.0115. The maximum absolute atomic E-state index is 12.6. The summed E-state index contributed by atoms with van der Waals surface area (Å²) in [7, 11) is 1.60. The van der Waals surface area contributed by atoms with E-state index in [2.05, 4.69) is 0 Å². The van der Waals surface area contributed by atoms with Gasteiger partial charge in [-0.05, 0) is 55.4 Å². The van der Waals surface area contributed by atoms with Crippen molar-refractivity contribution in [2.75, 3.05) is 12.0 Å². The van der Waals surface area contributed by atoms with E-state index < -0.39 is 0 Å². The Kier molecular flexibility index (Phi) is 2.43. The molecular formula is C16H17NO3. The number of anilines is 1. The van der Waals surface area contributed by atoms with Crippen molar-refractivity contribution in [2.24, 2.45) is 23.7 Å². The smallest absolute Gasteiger partial charge is 0.237 e. The fourth-order valence-electron chi connectivity index (χ4n) is 4.39. The molecule has 4 unspecified atom stereocenters. The third-order valence-corrected chi connectivity index (χ3v) is 5.26. The van der Waals surface area contributed by atoms with E-state index in [1.54, 1.807) is 31.4 Å². The van der Waals surface area contributed by atoms with Gasteiger partial charge in [-0.1, -0.05) is 0 Å². The molecule has 2 bridgehead atoms. The molecule has 1 aliphatic heterocycles. The molecule has 0 N–H and O–H groups in total. The number of hydrogen-bond donors (Lipinski definition) is 0. The molecule has 3 aliphatic rings. The van der Waals surface area contributed by atoms with Crippen LogP contribution < -0.4 is 9.64 Å². The number of fused-ring (bicyclic) bond motifs is 5. The van der Waals surface area contributed by atoms with Crippen molar-refractivity contribution in [3.8, 4) is 5.75 Å². The standard InChI is InChI=1S/C16H17NO3/c1-20-12-6-4-11(5-7-12)17-15(18)13-9-2-3-10(8-9)14(13)16(17)19/h4-7,9-10,13-14H,2-3,8H2,1H3. The summed E-state index contributed by atoms with van der Waals surface area (Å²) in [6, 6.07) is 7.16. The summed E-state index contributed by atoms with van der Waals surface area (Å²) < 4.78 is 5.12. The van der Waals surface area contributed by atoms with Crippen LogP contribution in [0.25, 0.3) is 0 Å². The lowest BCUT2D eigenvalue weighted by Gasteiger charge is -2.19. The van der Waals surface area contributed by atoms with Gasteiger partial charge in [-0.25, -0.2) is 0 Å². The molecule has 2 aliphatic carbocycles. The third-order valence-electron chi connectivity index (χ3n) is 5.26. The van der Waals surface area contributed by atoms with E-state index in [9.17, 15) is 9.59 Å². The van der Waals surface area contributed by atoms with Crippen molar-refractivity contribution < 1.29 is 14.3 Å². The van der Waals surface area contributed by atoms with Crippen molar-refractivity contribution in [1.29, 1.82) is 0 Å². The van der Waals surface area contributed by atoms with E-state index >= 15 is 0 Å². The highest BCUT2D eigenvalue weighted by Crippen LogP contribution is 2.56. The lowest BCUT2D eigenvalue weighted by Crippen LogP contribution is -2.32. The Bertz CT molecular complexity index is 552. The van der Waals surface area contributed by atoms with Crippen molar-refractivity contribution in [2.45, 2.75) is 19.3 Å². The minimum atomic E-state index is -0.0525. The molecule has 20 heavy (non-hydrogen) atoms. The van der Waals surface area contributed by atoms with Crippen molar-refractivity contribution in [1.82, 2.24) is 0 Å². The highest BCUT2D eigenvalue weighted by atomic mass is 16.5. The Morgan fingerprint density at radius 3 is 2.05 bits per heavy atom. The Morgan fingerprint density at radius 1 is 1.00 bits per heavy atom. The molecule has 0 radical (unpaired) electrons. The molecule has 1 aromatic carbocycles. The van der Waals surface area contributed by atoms with E-state index in [-0.39, 0.29) is 23.7 Å². The number of amides is 2. The first kappa shape index (κ1) is 11.9. The zero-order chi connectivity index (χ0) is 13.9. The average Bonchev–Trinajstić information content (AvgIpc) is 3.14. The van der Waals surface area contributed by atoms with E-state index in [0.29, 0.717) is 17.5 Å². The monoisotopic (exact) mass is 271 g/mol. The number of carbonyl (C=O) groups excluding carboxylic acids is 2. The second kappa shape index (κ2) is 4.08. The molecule has 4 rings (SSSR count). The van der Waals surface area contributed by atoms with Gasteiger partial charge in [-0.15, -0.1) is 0 Å². The number of carbonyl (C=O) groups is 2. The lowest BCUT2D eigenvalue weighted by atomic mass is 9.81. The normalized spacial score (nSPS) is 34.8. The molecule has 0 aromatic heterocycles. The van der Waals surface area contributed by atoms with Crippen LogP contribution in [0.4, 0.5) is 5.69 Å². The van der Waals surface area contributed by atoms with Crippen molar-refractivity contribution in [3.05, 3.63) is 24.3 Å². The predicted octanol–water partition coefficient (Wildman–Crippen LogP) is 2.23. The van der Waals surface area contributed by atoms with E-state index in [1.165, 1.54) is 4.90 Å². The summed E-state index contributed by atoms with van der Waals surface area (Å²) in [6.45, 7) is 0. The largest absolute Gasteiger partial charge is 0.497 e. The second-order valence-corrected chi connectivity index (χ2v) is 6.09.